The normalized spacial score (nSPS) is 18.3. The summed E-state index contributed by atoms with van der Waals surface area (Å²) in [6.07, 6.45) is 2.82. The van der Waals surface area contributed by atoms with Gasteiger partial charge >= 0.3 is 0 Å². The van der Waals surface area contributed by atoms with E-state index in [1.54, 1.807) is 6.07 Å². The second-order valence-electron chi connectivity index (χ2n) is 4.42. The first-order valence-electron chi connectivity index (χ1n) is 5.80. The molecule has 0 spiro atoms. The van der Waals surface area contributed by atoms with E-state index < -0.39 is 5.54 Å². The molecule has 1 aromatic rings. The van der Waals surface area contributed by atoms with E-state index in [4.69, 9.17) is 16.3 Å². The highest BCUT2D eigenvalue weighted by Crippen LogP contribution is 2.22. The van der Waals surface area contributed by atoms with Gasteiger partial charge in [-0.25, -0.2) is 0 Å². The summed E-state index contributed by atoms with van der Waals surface area (Å²) >= 11 is 5.96. The van der Waals surface area contributed by atoms with Crippen LogP contribution in [0, 0.1) is 0 Å². The average Bonchev–Trinajstić information content (AvgIpc) is 2.40. The fraction of sp³-hybridized carbons (Fsp3) is 0.500. The van der Waals surface area contributed by atoms with Crippen LogP contribution in [0.25, 0.3) is 0 Å². The maximum atomic E-state index is 12.1. The molecule has 0 unspecified atom stereocenters. The van der Waals surface area contributed by atoms with Crippen molar-refractivity contribution in [2.24, 2.45) is 0 Å². The molecule has 2 rings (SSSR count). The van der Waals surface area contributed by atoms with Crippen LogP contribution in [0.15, 0.2) is 23.1 Å². The third-order valence-electron chi connectivity index (χ3n) is 3.12. The minimum Gasteiger partial charge on any atom is -0.381 e. The van der Waals surface area contributed by atoms with Crippen molar-refractivity contribution < 1.29 is 9.53 Å². The second kappa shape index (κ2) is 5.54. The molecule has 18 heavy (non-hydrogen) atoms. The summed E-state index contributed by atoms with van der Waals surface area (Å²) in [6.45, 7) is 1.17. The predicted molar refractivity (Wildman–Crippen MR) is 68.0 cm³/mol. The van der Waals surface area contributed by atoms with Crippen molar-refractivity contribution >= 4 is 17.5 Å². The van der Waals surface area contributed by atoms with E-state index in [2.05, 4.69) is 10.3 Å². The van der Waals surface area contributed by atoms with E-state index in [1.807, 2.05) is 0 Å². The van der Waals surface area contributed by atoms with Gasteiger partial charge in [-0.2, -0.15) is 0 Å². The first kappa shape index (κ1) is 13.1. The zero-order valence-corrected chi connectivity index (χ0v) is 10.6. The lowest BCUT2D eigenvalue weighted by molar-refractivity contribution is 0.0433. The van der Waals surface area contributed by atoms with Gasteiger partial charge in [-0.15, -0.1) is 11.6 Å². The number of H-pyrrole nitrogens is 1. The van der Waals surface area contributed by atoms with E-state index >= 15 is 0 Å². The molecule has 0 atom stereocenters. The average molecular weight is 271 g/mol. The molecule has 0 bridgehead atoms. The first-order valence-corrected chi connectivity index (χ1v) is 6.34. The quantitative estimate of drug-likeness (QED) is 0.802. The van der Waals surface area contributed by atoms with Gasteiger partial charge in [-0.1, -0.05) is 0 Å². The van der Waals surface area contributed by atoms with Gasteiger partial charge < -0.3 is 15.0 Å². The Morgan fingerprint density at radius 3 is 2.83 bits per heavy atom. The summed E-state index contributed by atoms with van der Waals surface area (Å²) in [5.41, 5.74) is -0.385. The topological polar surface area (TPSA) is 71.2 Å². The summed E-state index contributed by atoms with van der Waals surface area (Å²) in [5.74, 6) is 0.0642. The summed E-state index contributed by atoms with van der Waals surface area (Å²) in [5, 5.41) is 2.92. The Morgan fingerprint density at radius 1 is 1.50 bits per heavy atom. The number of amides is 1. The molecule has 0 aliphatic carbocycles. The van der Waals surface area contributed by atoms with Gasteiger partial charge in [0.15, 0.2) is 0 Å². The minimum absolute atomic E-state index is 0.274. The van der Waals surface area contributed by atoms with Crippen molar-refractivity contribution in [2.75, 3.05) is 19.1 Å². The maximum absolute atomic E-state index is 12.1. The molecular weight excluding hydrogens is 256 g/mol. The van der Waals surface area contributed by atoms with Crippen LogP contribution < -0.4 is 10.9 Å². The van der Waals surface area contributed by atoms with E-state index in [-0.39, 0.29) is 11.5 Å². The lowest BCUT2D eigenvalue weighted by Gasteiger charge is -2.36. The number of rotatable bonds is 3. The molecule has 98 valence electrons. The largest absolute Gasteiger partial charge is 0.381 e. The SMILES string of the molecule is O=C(NC1(CCl)CCOCC1)c1cc[nH]c(=O)c1. The van der Waals surface area contributed by atoms with Gasteiger partial charge in [-0.05, 0) is 18.9 Å². The molecule has 5 nitrogen and oxygen atoms in total. The summed E-state index contributed by atoms with van der Waals surface area (Å²) < 4.78 is 5.27. The number of pyridine rings is 1. The molecule has 6 heteroatoms. The van der Waals surface area contributed by atoms with Gasteiger partial charge in [-0.3, -0.25) is 9.59 Å². The highest BCUT2D eigenvalue weighted by Gasteiger charge is 2.33. The lowest BCUT2D eigenvalue weighted by Crippen LogP contribution is -2.53. The molecule has 1 amide bonds. The highest BCUT2D eigenvalue weighted by molar-refractivity contribution is 6.19. The molecule has 0 saturated carbocycles. The van der Waals surface area contributed by atoms with Crippen molar-refractivity contribution in [2.45, 2.75) is 18.4 Å². The second-order valence-corrected chi connectivity index (χ2v) is 4.69. The van der Waals surface area contributed by atoms with Crippen molar-refractivity contribution in [3.63, 3.8) is 0 Å². The van der Waals surface area contributed by atoms with Crippen LogP contribution in [0.2, 0.25) is 0 Å². The Kier molecular flexibility index (Phi) is 4.04. The first-order chi connectivity index (χ1) is 8.65. The number of hydrogen-bond donors (Lipinski definition) is 2. The minimum atomic E-state index is -0.431. The summed E-state index contributed by atoms with van der Waals surface area (Å²) in [4.78, 5) is 25.7. The Hall–Kier alpha value is -1.33. The van der Waals surface area contributed by atoms with Crippen molar-refractivity contribution in [3.05, 3.63) is 34.2 Å². The standard InChI is InChI=1S/C12H15ClN2O3/c13-8-12(2-5-18-6-3-12)15-11(17)9-1-4-14-10(16)7-9/h1,4,7H,2-3,5-6,8H2,(H,14,16)(H,15,17). The molecule has 0 aromatic carbocycles. The van der Waals surface area contributed by atoms with E-state index in [1.165, 1.54) is 12.3 Å². The molecule has 1 aromatic heterocycles. The molecule has 2 heterocycles. The number of carbonyl (C=O) groups excluding carboxylic acids is 1. The van der Waals surface area contributed by atoms with Crippen molar-refractivity contribution in [1.82, 2.24) is 10.3 Å². The smallest absolute Gasteiger partial charge is 0.252 e. The van der Waals surface area contributed by atoms with Gasteiger partial charge in [0.2, 0.25) is 5.56 Å². The Morgan fingerprint density at radius 2 is 2.22 bits per heavy atom. The molecule has 0 radical (unpaired) electrons. The molecule has 1 aliphatic rings. The van der Waals surface area contributed by atoms with E-state index in [0.717, 1.165) is 0 Å². The zero-order chi connectivity index (χ0) is 13.0. The van der Waals surface area contributed by atoms with E-state index in [9.17, 15) is 9.59 Å². The number of aromatic amines is 1. The van der Waals surface area contributed by atoms with E-state index in [0.29, 0.717) is 37.5 Å². The van der Waals surface area contributed by atoms with Gasteiger partial charge in [0.05, 0.1) is 5.54 Å². The monoisotopic (exact) mass is 270 g/mol. The maximum Gasteiger partial charge on any atom is 0.252 e. The van der Waals surface area contributed by atoms with Crippen LogP contribution in [0.5, 0.6) is 0 Å². The Bertz CT molecular complexity index is 480. The van der Waals surface area contributed by atoms with Crippen LogP contribution in [-0.2, 0) is 4.74 Å². The van der Waals surface area contributed by atoms with Gasteiger partial charge in [0.1, 0.15) is 0 Å². The number of aromatic nitrogens is 1. The third kappa shape index (κ3) is 2.91. The van der Waals surface area contributed by atoms with Crippen LogP contribution in [-0.4, -0.2) is 35.5 Å². The number of halogens is 1. The number of alkyl halides is 1. The van der Waals surface area contributed by atoms with Crippen LogP contribution in [0.1, 0.15) is 23.2 Å². The molecule has 1 saturated heterocycles. The van der Waals surface area contributed by atoms with Crippen molar-refractivity contribution in [1.29, 1.82) is 0 Å². The van der Waals surface area contributed by atoms with Gasteiger partial charge in [0, 0.05) is 36.9 Å². The molecule has 1 fully saturated rings. The Balaban J connectivity index is 2.12. The molecule has 1 aliphatic heterocycles. The summed E-state index contributed by atoms with van der Waals surface area (Å²) in [6, 6.07) is 2.84. The Labute approximate surface area is 109 Å². The molecule has 2 N–H and O–H groups in total. The lowest BCUT2D eigenvalue weighted by atomic mass is 9.92. The fourth-order valence-electron chi connectivity index (χ4n) is 1.95. The van der Waals surface area contributed by atoms with Crippen LogP contribution >= 0.6 is 11.6 Å². The number of hydrogen-bond acceptors (Lipinski definition) is 3. The summed E-state index contributed by atoms with van der Waals surface area (Å²) in [7, 11) is 0. The highest BCUT2D eigenvalue weighted by atomic mass is 35.5. The number of nitrogens with one attached hydrogen (secondary N) is 2. The van der Waals surface area contributed by atoms with Gasteiger partial charge in [0.25, 0.3) is 5.91 Å². The number of ether oxygens (including phenoxy) is 1. The van der Waals surface area contributed by atoms with Crippen LogP contribution in [0.3, 0.4) is 0 Å². The fourth-order valence-corrected chi connectivity index (χ4v) is 2.29. The molecular formula is C12H15ClN2O3. The van der Waals surface area contributed by atoms with Crippen LogP contribution in [0.4, 0.5) is 0 Å². The third-order valence-corrected chi connectivity index (χ3v) is 3.63. The zero-order valence-electron chi connectivity index (χ0n) is 9.87. The van der Waals surface area contributed by atoms with Crippen molar-refractivity contribution in [3.8, 4) is 0 Å². The number of carbonyl (C=O) groups is 1. The predicted octanol–water partition coefficient (Wildman–Crippen LogP) is 0.893.